The second kappa shape index (κ2) is 10.7. The van der Waals surface area contributed by atoms with Gasteiger partial charge in [-0.1, -0.05) is 29.9 Å². The van der Waals surface area contributed by atoms with Gasteiger partial charge in [-0.25, -0.2) is 4.79 Å². The normalized spacial score (nSPS) is 22.8. The predicted molar refractivity (Wildman–Crippen MR) is 114 cm³/mol. The first-order valence-corrected chi connectivity index (χ1v) is 10.9. The van der Waals surface area contributed by atoms with Crippen LogP contribution in [0.3, 0.4) is 0 Å². The number of carbonyl (C=O) groups excluding carboxylic acids is 1. The summed E-state index contributed by atoms with van der Waals surface area (Å²) in [5, 5.41) is 0.629. The standard InChI is InChI=1S/C23H31ClN2O2/c1-25(23(27)28-22-13-11-21(24)12-14-22)18-20-9-7-19(8-10-20)6-5-17-26-15-3-2-4-16-26/h11-14,19-20H,2-4,7-10,15-18H2,1H3/t19-,20-. The number of ether oxygens (including phenoxy) is 1. The minimum atomic E-state index is -0.314. The van der Waals surface area contributed by atoms with Gasteiger partial charge in [-0.15, -0.1) is 0 Å². The van der Waals surface area contributed by atoms with E-state index < -0.39 is 0 Å². The number of likely N-dealkylation sites (tertiary alicyclic amines) is 1. The molecule has 0 atom stereocenters. The Labute approximate surface area is 174 Å². The van der Waals surface area contributed by atoms with Crippen LogP contribution < -0.4 is 4.74 Å². The largest absolute Gasteiger partial charge is 0.414 e. The molecule has 1 aliphatic carbocycles. The molecule has 0 unspecified atom stereocenters. The second-order valence-electron chi connectivity index (χ2n) is 8.08. The van der Waals surface area contributed by atoms with Gasteiger partial charge in [0.1, 0.15) is 5.75 Å². The van der Waals surface area contributed by atoms with Crippen molar-refractivity contribution in [3.8, 4) is 17.6 Å². The zero-order valence-corrected chi connectivity index (χ0v) is 17.6. The van der Waals surface area contributed by atoms with E-state index in [1.165, 1.54) is 32.4 Å². The Bertz CT molecular complexity index is 681. The van der Waals surface area contributed by atoms with Crippen molar-refractivity contribution in [2.24, 2.45) is 11.8 Å². The molecular weight excluding hydrogens is 372 g/mol. The molecule has 1 aliphatic heterocycles. The Balaban J connectivity index is 1.36. The van der Waals surface area contributed by atoms with E-state index in [1.54, 1.807) is 29.2 Å². The molecule has 1 aromatic carbocycles. The monoisotopic (exact) mass is 402 g/mol. The molecule has 0 aromatic heterocycles. The summed E-state index contributed by atoms with van der Waals surface area (Å²) in [6, 6.07) is 6.86. The molecular formula is C23H31ClN2O2. The maximum absolute atomic E-state index is 12.3. The highest BCUT2D eigenvalue weighted by Gasteiger charge is 2.23. The number of piperidine rings is 1. The lowest BCUT2D eigenvalue weighted by Gasteiger charge is -2.29. The lowest BCUT2D eigenvalue weighted by molar-refractivity contribution is 0.148. The Hall–Kier alpha value is -1.70. The molecule has 1 aromatic rings. The average molecular weight is 403 g/mol. The molecule has 4 nitrogen and oxygen atoms in total. The topological polar surface area (TPSA) is 32.8 Å². The Morgan fingerprint density at radius 3 is 2.50 bits per heavy atom. The Morgan fingerprint density at radius 1 is 1.14 bits per heavy atom. The quantitative estimate of drug-likeness (QED) is 0.659. The summed E-state index contributed by atoms with van der Waals surface area (Å²) in [5.41, 5.74) is 0. The molecule has 2 aliphatic rings. The van der Waals surface area contributed by atoms with Gasteiger partial charge in [-0.3, -0.25) is 4.90 Å². The van der Waals surface area contributed by atoms with E-state index in [1.807, 2.05) is 7.05 Å². The van der Waals surface area contributed by atoms with Gasteiger partial charge < -0.3 is 9.64 Å². The summed E-state index contributed by atoms with van der Waals surface area (Å²) < 4.78 is 5.41. The number of carbonyl (C=O) groups is 1. The zero-order chi connectivity index (χ0) is 19.8. The third-order valence-electron chi connectivity index (χ3n) is 5.77. The van der Waals surface area contributed by atoms with Crippen molar-refractivity contribution >= 4 is 17.7 Å². The van der Waals surface area contributed by atoms with Crippen LogP contribution in [0.4, 0.5) is 4.79 Å². The molecule has 0 bridgehead atoms. The number of hydrogen-bond donors (Lipinski definition) is 0. The van der Waals surface area contributed by atoms with E-state index in [0.717, 1.165) is 38.8 Å². The zero-order valence-electron chi connectivity index (χ0n) is 16.8. The van der Waals surface area contributed by atoms with Crippen LogP contribution in [0.2, 0.25) is 5.02 Å². The molecule has 0 radical (unpaired) electrons. The van der Waals surface area contributed by atoms with Gasteiger partial charge in [0, 0.05) is 24.5 Å². The molecule has 5 heteroatoms. The molecule has 1 saturated heterocycles. The highest BCUT2D eigenvalue weighted by atomic mass is 35.5. The van der Waals surface area contributed by atoms with Crippen LogP contribution >= 0.6 is 11.6 Å². The van der Waals surface area contributed by atoms with Crippen LogP contribution in [0.5, 0.6) is 5.75 Å². The van der Waals surface area contributed by atoms with Crippen molar-refractivity contribution in [2.75, 3.05) is 33.2 Å². The van der Waals surface area contributed by atoms with Crippen LogP contribution in [0.1, 0.15) is 44.9 Å². The van der Waals surface area contributed by atoms with Crippen molar-refractivity contribution in [1.29, 1.82) is 0 Å². The number of nitrogens with zero attached hydrogens (tertiary/aromatic N) is 2. The maximum atomic E-state index is 12.3. The molecule has 1 amide bonds. The Kier molecular flexibility index (Phi) is 8.06. The molecule has 28 heavy (non-hydrogen) atoms. The summed E-state index contributed by atoms with van der Waals surface area (Å²) in [6.07, 6.45) is 8.22. The maximum Gasteiger partial charge on any atom is 0.414 e. The average Bonchev–Trinajstić information content (AvgIpc) is 2.72. The predicted octanol–water partition coefficient (Wildman–Crippen LogP) is 5.07. The van der Waals surface area contributed by atoms with Gasteiger partial charge in [0.15, 0.2) is 0 Å². The molecule has 0 spiro atoms. The van der Waals surface area contributed by atoms with Crippen LogP contribution in [0.15, 0.2) is 24.3 Å². The van der Waals surface area contributed by atoms with Crippen molar-refractivity contribution in [2.45, 2.75) is 44.9 Å². The van der Waals surface area contributed by atoms with Crippen LogP contribution in [0.25, 0.3) is 0 Å². The molecule has 1 saturated carbocycles. The fourth-order valence-corrected chi connectivity index (χ4v) is 4.18. The van der Waals surface area contributed by atoms with Crippen LogP contribution in [-0.2, 0) is 0 Å². The third kappa shape index (κ3) is 6.72. The summed E-state index contributed by atoms with van der Waals surface area (Å²) in [4.78, 5) is 16.4. The van der Waals surface area contributed by atoms with Crippen molar-refractivity contribution < 1.29 is 9.53 Å². The van der Waals surface area contributed by atoms with Gasteiger partial charge in [0.2, 0.25) is 0 Å². The minimum absolute atomic E-state index is 0.314. The van der Waals surface area contributed by atoms with Gasteiger partial charge in [-0.05, 0) is 81.8 Å². The summed E-state index contributed by atoms with van der Waals surface area (Å²) in [6.45, 7) is 4.08. The Morgan fingerprint density at radius 2 is 1.82 bits per heavy atom. The lowest BCUT2D eigenvalue weighted by atomic mass is 9.82. The van der Waals surface area contributed by atoms with E-state index in [-0.39, 0.29) is 6.09 Å². The molecule has 3 rings (SSSR count). The molecule has 152 valence electrons. The molecule has 2 fully saturated rings. The lowest BCUT2D eigenvalue weighted by Crippen LogP contribution is -2.35. The number of benzene rings is 1. The number of halogens is 1. The first kappa shape index (κ1) is 21.0. The van der Waals surface area contributed by atoms with Crippen LogP contribution in [-0.4, -0.2) is 49.1 Å². The van der Waals surface area contributed by atoms with Gasteiger partial charge in [0.05, 0.1) is 6.54 Å². The van der Waals surface area contributed by atoms with Gasteiger partial charge in [-0.2, -0.15) is 0 Å². The molecule has 1 heterocycles. The fourth-order valence-electron chi connectivity index (χ4n) is 4.05. The van der Waals surface area contributed by atoms with Crippen molar-refractivity contribution in [1.82, 2.24) is 9.80 Å². The number of amides is 1. The number of hydrogen-bond acceptors (Lipinski definition) is 3. The fraction of sp³-hybridized carbons (Fsp3) is 0.609. The van der Waals surface area contributed by atoms with Gasteiger partial charge in [0.25, 0.3) is 0 Å². The first-order valence-electron chi connectivity index (χ1n) is 10.5. The van der Waals surface area contributed by atoms with E-state index in [4.69, 9.17) is 16.3 Å². The summed E-state index contributed by atoms with van der Waals surface area (Å²) >= 11 is 5.86. The first-order chi connectivity index (χ1) is 13.6. The van der Waals surface area contributed by atoms with E-state index in [9.17, 15) is 4.79 Å². The van der Waals surface area contributed by atoms with E-state index >= 15 is 0 Å². The SMILES string of the molecule is CN(C[C@H]1CC[C@H](C#CCN2CCCCC2)CC1)C(=O)Oc1ccc(Cl)cc1. The smallest absolute Gasteiger partial charge is 0.410 e. The van der Waals surface area contributed by atoms with E-state index in [0.29, 0.717) is 22.6 Å². The summed E-state index contributed by atoms with van der Waals surface area (Å²) in [7, 11) is 1.81. The van der Waals surface area contributed by atoms with Crippen LogP contribution in [0, 0.1) is 23.7 Å². The number of rotatable bonds is 4. The third-order valence-corrected chi connectivity index (χ3v) is 6.02. The second-order valence-corrected chi connectivity index (χ2v) is 8.51. The minimum Gasteiger partial charge on any atom is -0.410 e. The van der Waals surface area contributed by atoms with Crippen molar-refractivity contribution in [3.05, 3.63) is 29.3 Å². The molecule has 0 N–H and O–H groups in total. The van der Waals surface area contributed by atoms with Crippen molar-refractivity contribution in [3.63, 3.8) is 0 Å². The van der Waals surface area contributed by atoms with E-state index in [2.05, 4.69) is 16.7 Å². The highest BCUT2D eigenvalue weighted by molar-refractivity contribution is 6.30. The highest BCUT2D eigenvalue weighted by Crippen LogP contribution is 2.29. The summed E-state index contributed by atoms with van der Waals surface area (Å²) in [5.74, 6) is 8.48. The van der Waals surface area contributed by atoms with Gasteiger partial charge >= 0.3 is 6.09 Å².